The third-order valence-electron chi connectivity index (χ3n) is 5.58. The Morgan fingerprint density at radius 3 is 2.44 bits per heavy atom. The second kappa shape index (κ2) is 9.15. The van der Waals surface area contributed by atoms with Crippen molar-refractivity contribution in [1.82, 2.24) is 9.55 Å². The molecular weight excluding hydrogens is 396 g/mol. The van der Waals surface area contributed by atoms with Crippen LogP contribution in [0.4, 0.5) is 0 Å². The Morgan fingerprint density at radius 1 is 0.781 bits per heavy atom. The van der Waals surface area contributed by atoms with Crippen molar-refractivity contribution in [2.45, 2.75) is 26.5 Å². The van der Waals surface area contributed by atoms with Crippen LogP contribution in [0.25, 0.3) is 21.8 Å². The van der Waals surface area contributed by atoms with Crippen molar-refractivity contribution < 1.29 is 9.47 Å². The zero-order valence-electron chi connectivity index (χ0n) is 18.2. The van der Waals surface area contributed by atoms with E-state index in [0.29, 0.717) is 6.61 Å². The lowest BCUT2D eigenvalue weighted by molar-refractivity contribution is 0.295. The maximum absolute atomic E-state index is 6.27. The topological polar surface area (TPSA) is 36.3 Å². The molecule has 0 N–H and O–H groups in total. The van der Waals surface area contributed by atoms with E-state index in [0.717, 1.165) is 53.3 Å². The van der Waals surface area contributed by atoms with E-state index in [1.165, 1.54) is 10.9 Å². The number of hydrogen-bond acceptors (Lipinski definition) is 3. The summed E-state index contributed by atoms with van der Waals surface area (Å²) in [5, 5.41) is 2.28. The van der Waals surface area contributed by atoms with Gasteiger partial charge in [-0.1, -0.05) is 67.6 Å². The molecular formula is C28H26N2O2. The van der Waals surface area contributed by atoms with Crippen molar-refractivity contribution in [3.05, 3.63) is 102 Å². The first-order valence-electron chi connectivity index (χ1n) is 11.1. The maximum atomic E-state index is 6.27. The monoisotopic (exact) mass is 422 g/mol. The van der Waals surface area contributed by atoms with Crippen molar-refractivity contribution >= 4 is 21.8 Å². The molecule has 5 rings (SSSR count). The molecule has 0 fully saturated rings. The normalized spacial score (nSPS) is 11.2. The zero-order valence-corrected chi connectivity index (χ0v) is 18.2. The number of ether oxygens (including phenoxy) is 2. The van der Waals surface area contributed by atoms with E-state index in [1.54, 1.807) is 0 Å². The highest BCUT2D eigenvalue weighted by molar-refractivity contribution is 5.88. The fraction of sp³-hybridized carbons (Fsp3) is 0.179. The van der Waals surface area contributed by atoms with Crippen LogP contribution in [0.5, 0.6) is 11.5 Å². The van der Waals surface area contributed by atoms with Gasteiger partial charge in [0.1, 0.15) is 23.9 Å². The number of fused-ring (bicyclic) bond motifs is 2. The van der Waals surface area contributed by atoms with Crippen molar-refractivity contribution in [2.75, 3.05) is 6.61 Å². The van der Waals surface area contributed by atoms with E-state index in [1.807, 2.05) is 42.5 Å². The van der Waals surface area contributed by atoms with Crippen LogP contribution in [0.2, 0.25) is 0 Å². The highest BCUT2D eigenvalue weighted by Crippen LogP contribution is 2.27. The molecule has 0 aliphatic heterocycles. The predicted octanol–water partition coefficient (Wildman–Crippen LogP) is 6.61. The Kier molecular flexibility index (Phi) is 5.75. The highest BCUT2D eigenvalue weighted by Gasteiger charge is 2.12. The molecule has 0 unspecified atom stereocenters. The third-order valence-corrected chi connectivity index (χ3v) is 5.58. The van der Waals surface area contributed by atoms with E-state index in [2.05, 4.69) is 60.0 Å². The molecule has 1 aromatic heterocycles. The van der Waals surface area contributed by atoms with Crippen LogP contribution in [0, 0.1) is 0 Å². The molecule has 0 bridgehead atoms. The van der Waals surface area contributed by atoms with E-state index in [9.17, 15) is 0 Å². The number of para-hydroxylation sites is 2. The average Bonchev–Trinajstić information content (AvgIpc) is 3.19. The fourth-order valence-corrected chi connectivity index (χ4v) is 3.97. The molecule has 5 aromatic rings. The van der Waals surface area contributed by atoms with Gasteiger partial charge in [-0.2, -0.15) is 0 Å². The molecule has 0 spiro atoms. The lowest BCUT2D eigenvalue weighted by Gasteiger charge is -2.13. The Balaban J connectivity index is 1.43. The van der Waals surface area contributed by atoms with Gasteiger partial charge in [-0.25, -0.2) is 4.98 Å². The molecule has 0 aliphatic rings. The molecule has 4 aromatic carbocycles. The molecule has 160 valence electrons. The summed E-state index contributed by atoms with van der Waals surface area (Å²) >= 11 is 0. The van der Waals surface area contributed by atoms with Gasteiger partial charge in [0.15, 0.2) is 0 Å². The first kappa shape index (κ1) is 20.1. The number of nitrogens with zero attached hydrogens (tertiary/aromatic N) is 2. The fourth-order valence-electron chi connectivity index (χ4n) is 3.97. The molecule has 0 saturated heterocycles. The summed E-state index contributed by atoms with van der Waals surface area (Å²) in [6.07, 6.45) is 1.00. The molecule has 32 heavy (non-hydrogen) atoms. The van der Waals surface area contributed by atoms with Gasteiger partial charge in [-0.3, -0.25) is 0 Å². The zero-order chi connectivity index (χ0) is 21.8. The first-order valence-corrected chi connectivity index (χ1v) is 11.1. The number of hydrogen-bond donors (Lipinski definition) is 0. The van der Waals surface area contributed by atoms with Gasteiger partial charge < -0.3 is 14.0 Å². The Morgan fingerprint density at radius 2 is 1.56 bits per heavy atom. The summed E-state index contributed by atoms with van der Waals surface area (Å²) in [4.78, 5) is 4.88. The summed E-state index contributed by atoms with van der Waals surface area (Å²) < 4.78 is 14.2. The van der Waals surface area contributed by atoms with Gasteiger partial charge in [0, 0.05) is 11.9 Å². The van der Waals surface area contributed by atoms with Crippen LogP contribution < -0.4 is 9.47 Å². The van der Waals surface area contributed by atoms with Crippen LogP contribution in [0.3, 0.4) is 0 Å². The van der Waals surface area contributed by atoms with Gasteiger partial charge >= 0.3 is 0 Å². The van der Waals surface area contributed by atoms with E-state index >= 15 is 0 Å². The Bertz CT molecular complexity index is 1330. The number of imidazole rings is 1. The summed E-state index contributed by atoms with van der Waals surface area (Å²) in [5.74, 6) is 2.69. The van der Waals surface area contributed by atoms with E-state index < -0.39 is 0 Å². The van der Waals surface area contributed by atoms with Crippen LogP contribution in [-0.2, 0) is 13.2 Å². The second-order valence-electron chi connectivity index (χ2n) is 7.86. The van der Waals surface area contributed by atoms with Crippen LogP contribution in [0.15, 0.2) is 91.0 Å². The lowest BCUT2D eigenvalue weighted by Crippen LogP contribution is -2.08. The Labute approximate surface area is 188 Å². The third kappa shape index (κ3) is 4.17. The van der Waals surface area contributed by atoms with Crippen LogP contribution in [0.1, 0.15) is 24.7 Å². The van der Waals surface area contributed by atoms with Crippen LogP contribution in [-0.4, -0.2) is 16.2 Å². The molecule has 0 aliphatic carbocycles. The smallest absolute Gasteiger partial charge is 0.148 e. The Hall–Kier alpha value is -3.79. The number of aromatic nitrogens is 2. The van der Waals surface area contributed by atoms with Crippen molar-refractivity contribution in [3.63, 3.8) is 0 Å². The second-order valence-corrected chi connectivity index (χ2v) is 7.86. The van der Waals surface area contributed by atoms with Crippen molar-refractivity contribution in [2.24, 2.45) is 0 Å². The van der Waals surface area contributed by atoms with E-state index in [4.69, 9.17) is 14.5 Å². The molecule has 0 amide bonds. The molecule has 0 radical (unpaired) electrons. The van der Waals surface area contributed by atoms with Gasteiger partial charge in [-0.15, -0.1) is 0 Å². The van der Waals surface area contributed by atoms with Crippen molar-refractivity contribution in [1.29, 1.82) is 0 Å². The SMILES string of the molecule is CCCOc1ccc(Cn2c(COc3cccc4ccccc34)nc3ccccc32)cc1. The largest absolute Gasteiger partial charge is 0.494 e. The average molecular weight is 423 g/mol. The standard InChI is InChI=1S/C28H26N2O2/c1-2-18-31-23-16-14-21(15-17-23)19-30-26-12-6-5-11-25(26)29-28(30)20-32-27-13-7-9-22-8-3-4-10-24(22)27/h3-17H,2,18-20H2,1H3. The molecule has 0 atom stereocenters. The number of rotatable bonds is 8. The van der Waals surface area contributed by atoms with Gasteiger partial charge in [0.05, 0.1) is 17.6 Å². The molecule has 1 heterocycles. The first-order chi connectivity index (χ1) is 15.8. The summed E-state index contributed by atoms with van der Waals surface area (Å²) in [5.41, 5.74) is 3.28. The minimum Gasteiger partial charge on any atom is -0.494 e. The maximum Gasteiger partial charge on any atom is 0.148 e. The summed E-state index contributed by atoms with van der Waals surface area (Å²) in [6.45, 7) is 3.98. The van der Waals surface area contributed by atoms with Crippen LogP contribution >= 0.6 is 0 Å². The van der Waals surface area contributed by atoms with Crippen molar-refractivity contribution in [3.8, 4) is 11.5 Å². The van der Waals surface area contributed by atoms with Gasteiger partial charge in [0.2, 0.25) is 0 Å². The molecule has 0 saturated carbocycles. The summed E-state index contributed by atoms with van der Waals surface area (Å²) in [7, 11) is 0. The lowest BCUT2D eigenvalue weighted by atomic mass is 10.1. The summed E-state index contributed by atoms with van der Waals surface area (Å²) in [6, 6.07) is 31.0. The molecule has 4 heteroatoms. The quantitative estimate of drug-likeness (QED) is 0.282. The number of benzene rings is 4. The van der Waals surface area contributed by atoms with Gasteiger partial charge in [0.25, 0.3) is 0 Å². The minimum absolute atomic E-state index is 0.403. The minimum atomic E-state index is 0.403. The molecule has 4 nitrogen and oxygen atoms in total. The van der Waals surface area contributed by atoms with Gasteiger partial charge in [-0.05, 0) is 47.7 Å². The highest BCUT2D eigenvalue weighted by atomic mass is 16.5. The van der Waals surface area contributed by atoms with E-state index in [-0.39, 0.29) is 0 Å². The predicted molar refractivity (Wildman–Crippen MR) is 129 cm³/mol.